The van der Waals surface area contributed by atoms with Gasteiger partial charge in [0.1, 0.15) is 0 Å². The van der Waals surface area contributed by atoms with Crippen LogP contribution in [-0.4, -0.2) is 21.2 Å². The molecule has 13 heavy (non-hydrogen) atoms. The fourth-order valence-electron chi connectivity index (χ4n) is 4.33. The van der Waals surface area contributed by atoms with Gasteiger partial charge in [0, 0.05) is 0 Å². The predicted molar refractivity (Wildman–Crippen MR) is 57.7 cm³/mol. The summed E-state index contributed by atoms with van der Waals surface area (Å²) in [6.07, 6.45) is 13.6. The zero-order chi connectivity index (χ0) is 8.47. The normalized spacial score (nSPS) is 35.1. The Hall–Kier alpha value is 0.922. The molecule has 0 aromatic carbocycles. The van der Waals surface area contributed by atoms with E-state index < -0.39 is 21.2 Å². The van der Waals surface area contributed by atoms with Crippen LogP contribution in [-0.2, 0) is 0 Å². The molecule has 0 aliphatic heterocycles. The Morgan fingerprint density at radius 3 is 0.846 bits per heavy atom. The average molecular weight is 371 g/mol. The fraction of sp³-hybridized carbons (Fsp3) is 1.00. The molecule has 0 radical (unpaired) electrons. The van der Waals surface area contributed by atoms with Crippen molar-refractivity contribution in [1.82, 2.24) is 0 Å². The summed E-state index contributed by atoms with van der Waals surface area (Å²) in [5.74, 6) is 0. The molecular weight excluding hydrogens is 351 g/mol. The van der Waals surface area contributed by atoms with Crippen molar-refractivity contribution in [3.63, 3.8) is 0 Å². The van der Waals surface area contributed by atoms with Gasteiger partial charge in [-0.05, 0) is 0 Å². The van der Waals surface area contributed by atoms with Crippen LogP contribution in [0.1, 0.15) is 51.4 Å². The molecule has 4 aliphatic rings. The van der Waals surface area contributed by atoms with Crippen LogP contribution in [0.3, 0.4) is 0 Å². The van der Waals surface area contributed by atoms with Crippen LogP contribution in [0.2, 0.25) is 13.9 Å². The van der Waals surface area contributed by atoms with Crippen molar-refractivity contribution >= 4 is 21.2 Å². The van der Waals surface area contributed by atoms with E-state index in [4.69, 9.17) is 0 Å². The van der Waals surface area contributed by atoms with Gasteiger partial charge in [-0.3, -0.25) is 0 Å². The van der Waals surface area contributed by atoms with Crippen LogP contribution in [0.4, 0.5) is 0 Å². The zero-order valence-corrected chi connectivity index (χ0v) is 12.4. The summed E-state index contributed by atoms with van der Waals surface area (Å²) in [5, 5.41) is 0. The Morgan fingerprint density at radius 1 is 0.462 bits per heavy atom. The average Bonchev–Trinajstić information content (AvgIpc) is 3.00. The standard InChI is InChI=1S/4C3H5.Pb/c4*1-2-3-1;/h4*1H,2-3H2;. The summed E-state index contributed by atoms with van der Waals surface area (Å²) in [5.41, 5.74) is 0. The van der Waals surface area contributed by atoms with Crippen molar-refractivity contribution in [1.29, 1.82) is 0 Å². The summed E-state index contributed by atoms with van der Waals surface area (Å²) in [4.78, 5) is 0. The predicted octanol–water partition coefficient (Wildman–Crippen LogP) is 4.09. The van der Waals surface area contributed by atoms with Gasteiger partial charge in [0.15, 0.2) is 0 Å². The molecule has 0 spiro atoms. The second kappa shape index (κ2) is 2.53. The molecule has 0 aromatic heterocycles. The quantitative estimate of drug-likeness (QED) is 0.653. The fourth-order valence-corrected chi connectivity index (χ4v) is 38.0. The molecule has 0 bridgehead atoms. The van der Waals surface area contributed by atoms with Gasteiger partial charge in [-0.25, -0.2) is 0 Å². The molecule has 0 amide bonds. The first kappa shape index (κ1) is 8.12. The van der Waals surface area contributed by atoms with Gasteiger partial charge in [-0.2, -0.15) is 0 Å². The Kier molecular flexibility index (Phi) is 1.58. The van der Waals surface area contributed by atoms with Crippen molar-refractivity contribution in [2.24, 2.45) is 0 Å². The van der Waals surface area contributed by atoms with Gasteiger partial charge in [0.05, 0.1) is 0 Å². The SMILES string of the molecule is C1C[CH]1[Pb]([CH]1CC1)([CH]1CC1)[CH]1CC1. The van der Waals surface area contributed by atoms with E-state index in [1.807, 2.05) is 0 Å². The molecule has 0 atom stereocenters. The van der Waals surface area contributed by atoms with E-state index in [1.165, 1.54) is 13.9 Å². The van der Waals surface area contributed by atoms with E-state index in [2.05, 4.69) is 0 Å². The summed E-state index contributed by atoms with van der Waals surface area (Å²) < 4.78 is 5.72. The van der Waals surface area contributed by atoms with Gasteiger partial charge in [-0.1, -0.05) is 0 Å². The second-order valence-electron chi connectivity index (χ2n) is 6.10. The monoisotopic (exact) mass is 372 g/mol. The van der Waals surface area contributed by atoms with E-state index in [0.29, 0.717) is 0 Å². The van der Waals surface area contributed by atoms with Crippen LogP contribution >= 0.6 is 0 Å². The first-order valence-corrected chi connectivity index (χ1v) is 15.4. The van der Waals surface area contributed by atoms with Crippen LogP contribution < -0.4 is 0 Å². The van der Waals surface area contributed by atoms with Crippen molar-refractivity contribution in [3.05, 3.63) is 0 Å². The van der Waals surface area contributed by atoms with Crippen LogP contribution in [0.25, 0.3) is 0 Å². The molecule has 0 N–H and O–H groups in total. The maximum atomic E-state index is 1.70. The Labute approximate surface area is 86.1 Å². The zero-order valence-electron chi connectivity index (χ0n) is 8.47. The minimum atomic E-state index is -1.62. The van der Waals surface area contributed by atoms with Gasteiger partial charge in [0.2, 0.25) is 0 Å². The summed E-state index contributed by atoms with van der Waals surface area (Å²) >= 11 is -1.62. The first-order chi connectivity index (χ1) is 6.42. The molecule has 0 saturated heterocycles. The van der Waals surface area contributed by atoms with Crippen LogP contribution in [0, 0.1) is 0 Å². The molecule has 0 heterocycles. The summed E-state index contributed by atoms with van der Waals surface area (Å²) in [6, 6.07) is 0. The van der Waals surface area contributed by atoms with Gasteiger partial charge in [-0.15, -0.1) is 0 Å². The van der Waals surface area contributed by atoms with Crippen molar-refractivity contribution in [3.8, 4) is 0 Å². The third-order valence-corrected chi connectivity index (χ3v) is 36.1. The topological polar surface area (TPSA) is 0 Å². The number of hydrogen-bond donors (Lipinski definition) is 0. The molecule has 1 heteroatoms. The molecule has 0 unspecified atom stereocenters. The van der Waals surface area contributed by atoms with Crippen molar-refractivity contribution < 1.29 is 0 Å². The van der Waals surface area contributed by atoms with Crippen LogP contribution in [0.5, 0.6) is 0 Å². The Balaban J connectivity index is 1.71. The number of rotatable bonds is 4. The second-order valence-corrected chi connectivity index (χ2v) is 26.6. The third kappa shape index (κ3) is 1.13. The molecule has 4 fully saturated rings. The summed E-state index contributed by atoms with van der Waals surface area (Å²) in [6.45, 7) is 0. The third-order valence-electron chi connectivity index (χ3n) is 5.14. The molecule has 4 rings (SSSR count). The molecular formula is C12H20Pb. The van der Waals surface area contributed by atoms with Crippen LogP contribution in [0.15, 0.2) is 0 Å². The first-order valence-electron chi connectivity index (χ1n) is 6.42. The molecule has 0 aromatic rings. The molecule has 0 nitrogen and oxygen atoms in total. The van der Waals surface area contributed by atoms with E-state index in [9.17, 15) is 0 Å². The van der Waals surface area contributed by atoms with Crippen molar-refractivity contribution in [2.75, 3.05) is 0 Å². The van der Waals surface area contributed by atoms with E-state index in [-0.39, 0.29) is 0 Å². The van der Waals surface area contributed by atoms with Gasteiger partial charge >= 0.3 is 86.4 Å². The van der Waals surface area contributed by atoms with E-state index in [1.54, 1.807) is 51.4 Å². The summed E-state index contributed by atoms with van der Waals surface area (Å²) in [7, 11) is 0. The Bertz CT molecular complexity index is 178. The molecule has 4 saturated carbocycles. The van der Waals surface area contributed by atoms with Gasteiger partial charge in [0.25, 0.3) is 0 Å². The molecule has 72 valence electrons. The van der Waals surface area contributed by atoms with Crippen molar-refractivity contribution in [2.45, 2.75) is 65.3 Å². The minimum absolute atomic E-state index is 1.43. The van der Waals surface area contributed by atoms with E-state index in [0.717, 1.165) is 0 Å². The van der Waals surface area contributed by atoms with E-state index >= 15 is 0 Å². The Morgan fingerprint density at radius 2 is 0.692 bits per heavy atom. The molecule has 4 aliphatic carbocycles. The maximum absolute atomic E-state index is 1.70. The van der Waals surface area contributed by atoms with Gasteiger partial charge < -0.3 is 0 Å². The number of hydrogen-bond acceptors (Lipinski definition) is 0.